The first kappa shape index (κ1) is 18.1. The predicted octanol–water partition coefficient (Wildman–Crippen LogP) is 4.40. The van der Waals surface area contributed by atoms with E-state index in [9.17, 15) is 12.8 Å². The van der Waals surface area contributed by atoms with Gasteiger partial charge in [-0.2, -0.15) is 0 Å². The Kier molecular flexibility index (Phi) is 5.95. The Morgan fingerprint density at radius 2 is 1.78 bits per heavy atom. The van der Waals surface area contributed by atoms with Crippen LogP contribution in [-0.4, -0.2) is 8.42 Å². The first-order valence-corrected chi connectivity index (χ1v) is 9.72. The Bertz CT molecular complexity index is 763. The molecule has 2 aromatic carbocycles. The van der Waals surface area contributed by atoms with Gasteiger partial charge in [-0.3, -0.25) is 0 Å². The Labute approximate surface area is 145 Å². The monoisotopic (exact) mass is 399 g/mol. The van der Waals surface area contributed by atoms with Crippen LogP contribution < -0.4 is 4.72 Å². The van der Waals surface area contributed by atoms with E-state index < -0.39 is 15.8 Å². The quantitative estimate of drug-likeness (QED) is 0.781. The van der Waals surface area contributed by atoms with E-state index in [0.29, 0.717) is 4.47 Å². The van der Waals surface area contributed by atoms with Crippen LogP contribution in [0.2, 0.25) is 0 Å². The lowest BCUT2D eigenvalue weighted by Gasteiger charge is -2.23. The molecule has 0 fully saturated rings. The number of sulfonamides is 1. The summed E-state index contributed by atoms with van der Waals surface area (Å²) >= 11 is 3.16. The highest BCUT2D eigenvalue weighted by atomic mass is 79.9. The van der Waals surface area contributed by atoms with Crippen molar-refractivity contribution in [3.8, 4) is 0 Å². The summed E-state index contributed by atoms with van der Waals surface area (Å²) < 4.78 is 42.0. The number of benzene rings is 2. The molecule has 3 nitrogen and oxygen atoms in total. The Hall–Kier alpha value is -1.24. The van der Waals surface area contributed by atoms with Crippen LogP contribution >= 0.6 is 15.9 Å². The van der Waals surface area contributed by atoms with Crippen LogP contribution in [0.4, 0.5) is 4.39 Å². The lowest BCUT2D eigenvalue weighted by molar-refractivity contribution is 0.462. The minimum absolute atomic E-state index is 0.0712. The standard InChI is InChI=1S/C17H19BrFNO2S/c1-12(2)17(13-6-4-3-5-7-13)20-23(21,22)11-14-8-9-15(18)10-16(14)19/h3-10,12,17,20H,11H2,1-2H3. The number of rotatable bonds is 6. The molecule has 0 radical (unpaired) electrons. The van der Waals surface area contributed by atoms with Crippen LogP contribution in [0.5, 0.6) is 0 Å². The molecule has 0 aliphatic carbocycles. The molecular weight excluding hydrogens is 381 g/mol. The van der Waals surface area contributed by atoms with E-state index in [0.717, 1.165) is 5.56 Å². The van der Waals surface area contributed by atoms with E-state index in [-0.39, 0.29) is 23.3 Å². The third-order valence-electron chi connectivity index (χ3n) is 3.49. The number of hydrogen-bond acceptors (Lipinski definition) is 2. The van der Waals surface area contributed by atoms with Crippen LogP contribution in [0.15, 0.2) is 53.0 Å². The lowest BCUT2D eigenvalue weighted by atomic mass is 9.97. The average Bonchev–Trinajstić information content (AvgIpc) is 2.48. The molecule has 23 heavy (non-hydrogen) atoms. The molecule has 1 N–H and O–H groups in total. The maximum atomic E-state index is 13.9. The highest BCUT2D eigenvalue weighted by Crippen LogP contribution is 2.24. The molecule has 0 saturated heterocycles. The van der Waals surface area contributed by atoms with Gasteiger partial charge in [0.25, 0.3) is 0 Å². The summed E-state index contributed by atoms with van der Waals surface area (Å²) in [6.07, 6.45) is 0. The lowest BCUT2D eigenvalue weighted by Crippen LogP contribution is -2.32. The minimum Gasteiger partial charge on any atom is -0.212 e. The maximum Gasteiger partial charge on any atom is 0.216 e. The van der Waals surface area contributed by atoms with Gasteiger partial charge in [0, 0.05) is 16.1 Å². The average molecular weight is 400 g/mol. The molecule has 0 amide bonds. The van der Waals surface area contributed by atoms with Crippen molar-refractivity contribution in [1.82, 2.24) is 4.72 Å². The van der Waals surface area contributed by atoms with Crippen molar-refractivity contribution in [2.45, 2.75) is 25.6 Å². The summed E-state index contributed by atoms with van der Waals surface area (Å²) in [5.41, 5.74) is 1.04. The molecule has 0 bridgehead atoms. The zero-order chi connectivity index (χ0) is 17.0. The highest BCUT2D eigenvalue weighted by Gasteiger charge is 2.23. The molecule has 0 aliphatic heterocycles. The summed E-state index contributed by atoms with van der Waals surface area (Å²) in [6.45, 7) is 3.89. The molecule has 0 aromatic heterocycles. The van der Waals surface area contributed by atoms with Crippen LogP contribution in [0.25, 0.3) is 0 Å². The third kappa shape index (κ3) is 5.12. The van der Waals surface area contributed by atoms with E-state index >= 15 is 0 Å². The zero-order valence-corrected chi connectivity index (χ0v) is 15.4. The number of nitrogens with one attached hydrogen (secondary N) is 1. The number of halogens is 2. The first-order chi connectivity index (χ1) is 10.8. The fourth-order valence-corrected chi connectivity index (χ4v) is 4.18. The van der Waals surface area contributed by atoms with Crippen molar-refractivity contribution in [3.63, 3.8) is 0 Å². The van der Waals surface area contributed by atoms with Gasteiger partial charge in [-0.05, 0) is 23.6 Å². The molecule has 124 valence electrons. The Morgan fingerprint density at radius 3 is 2.35 bits per heavy atom. The molecule has 0 saturated carbocycles. The second kappa shape index (κ2) is 7.55. The third-order valence-corrected chi connectivity index (χ3v) is 5.29. The second-order valence-electron chi connectivity index (χ2n) is 5.75. The molecule has 1 atom stereocenters. The van der Waals surface area contributed by atoms with Gasteiger partial charge < -0.3 is 0 Å². The van der Waals surface area contributed by atoms with Gasteiger partial charge in [0.15, 0.2) is 0 Å². The fraction of sp³-hybridized carbons (Fsp3) is 0.294. The van der Waals surface area contributed by atoms with Crippen LogP contribution in [0.3, 0.4) is 0 Å². The van der Waals surface area contributed by atoms with Gasteiger partial charge >= 0.3 is 0 Å². The smallest absolute Gasteiger partial charge is 0.212 e. The first-order valence-electron chi connectivity index (χ1n) is 7.27. The van der Waals surface area contributed by atoms with Crippen molar-refractivity contribution in [2.24, 2.45) is 5.92 Å². The van der Waals surface area contributed by atoms with E-state index in [1.165, 1.54) is 12.1 Å². The van der Waals surface area contributed by atoms with Gasteiger partial charge in [0.1, 0.15) is 5.82 Å². The zero-order valence-electron chi connectivity index (χ0n) is 13.0. The summed E-state index contributed by atoms with van der Waals surface area (Å²) in [6, 6.07) is 13.4. The van der Waals surface area contributed by atoms with E-state index in [1.807, 2.05) is 44.2 Å². The topological polar surface area (TPSA) is 46.2 Å². The van der Waals surface area contributed by atoms with Crippen molar-refractivity contribution >= 4 is 26.0 Å². The Morgan fingerprint density at radius 1 is 1.13 bits per heavy atom. The predicted molar refractivity (Wildman–Crippen MR) is 93.9 cm³/mol. The molecule has 0 spiro atoms. The largest absolute Gasteiger partial charge is 0.216 e. The minimum atomic E-state index is -3.67. The number of hydrogen-bond donors (Lipinski definition) is 1. The fourth-order valence-electron chi connectivity index (χ4n) is 2.33. The maximum absolute atomic E-state index is 13.9. The molecule has 1 unspecified atom stereocenters. The van der Waals surface area contributed by atoms with E-state index in [2.05, 4.69) is 20.7 Å². The van der Waals surface area contributed by atoms with Crippen LogP contribution in [0, 0.1) is 11.7 Å². The molecular formula is C17H19BrFNO2S. The molecule has 2 aromatic rings. The summed E-state index contributed by atoms with van der Waals surface area (Å²) in [4.78, 5) is 0. The molecule has 2 rings (SSSR count). The van der Waals surface area contributed by atoms with Gasteiger partial charge in [-0.25, -0.2) is 17.5 Å². The highest BCUT2D eigenvalue weighted by molar-refractivity contribution is 9.10. The van der Waals surface area contributed by atoms with E-state index in [1.54, 1.807) is 6.07 Å². The molecule has 6 heteroatoms. The van der Waals surface area contributed by atoms with Crippen molar-refractivity contribution in [3.05, 3.63) is 69.9 Å². The van der Waals surface area contributed by atoms with Crippen molar-refractivity contribution in [1.29, 1.82) is 0 Å². The normalized spacial score (nSPS) is 13.3. The SMILES string of the molecule is CC(C)C(NS(=O)(=O)Cc1ccc(Br)cc1F)c1ccccc1. The van der Waals surface area contributed by atoms with Crippen molar-refractivity contribution < 1.29 is 12.8 Å². The van der Waals surface area contributed by atoms with Gasteiger partial charge in [0.2, 0.25) is 10.0 Å². The summed E-state index contributed by atoms with van der Waals surface area (Å²) in [5, 5.41) is 0. The van der Waals surface area contributed by atoms with Gasteiger partial charge in [-0.1, -0.05) is 66.2 Å². The molecule has 0 aliphatic rings. The molecule has 0 heterocycles. The van der Waals surface area contributed by atoms with Crippen LogP contribution in [0.1, 0.15) is 31.0 Å². The summed E-state index contributed by atoms with van der Waals surface area (Å²) in [5.74, 6) is -0.852. The Balaban J connectivity index is 2.21. The van der Waals surface area contributed by atoms with E-state index in [4.69, 9.17) is 0 Å². The second-order valence-corrected chi connectivity index (χ2v) is 8.41. The van der Waals surface area contributed by atoms with Gasteiger partial charge in [0.05, 0.1) is 5.75 Å². The van der Waals surface area contributed by atoms with Crippen LogP contribution in [-0.2, 0) is 15.8 Å². The van der Waals surface area contributed by atoms with Gasteiger partial charge in [-0.15, -0.1) is 0 Å². The van der Waals surface area contributed by atoms with Crippen molar-refractivity contribution in [2.75, 3.05) is 0 Å². The summed E-state index contributed by atoms with van der Waals surface area (Å²) in [7, 11) is -3.67.